The Kier molecular flexibility index (Phi) is 6.69. The average Bonchev–Trinajstić information content (AvgIpc) is 2.37. The zero-order chi connectivity index (χ0) is 16.2. The lowest BCUT2D eigenvalue weighted by Crippen LogP contribution is -2.35. The minimum Gasteiger partial charge on any atom is -0.353 e. The Morgan fingerprint density at radius 1 is 1.43 bits per heavy atom. The fourth-order valence-corrected chi connectivity index (χ4v) is 2.30. The number of aryl methyl sites for hydroxylation is 1. The van der Waals surface area contributed by atoms with Gasteiger partial charge in [0.05, 0.1) is 12.7 Å². The Bertz CT molecular complexity index is 638. The Morgan fingerprint density at radius 2 is 2.05 bits per heavy atom. The number of aromatic nitrogens is 2. The van der Waals surface area contributed by atoms with Gasteiger partial charge in [-0.3, -0.25) is 18.9 Å². The van der Waals surface area contributed by atoms with Crippen molar-refractivity contribution in [1.82, 2.24) is 9.55 Å². The summed E-state index contributed by atoms with van der Waals surface area (Å²) < 4.78 is 22.8. The van der Waals surface area contributed by atoms with Crippen LogP contribution in [0.15, 0.2) is 15.8 Å². The molecule has 120 valence electrons. The zero-order valence-corrected chi connectivity index (χ0v) is 14.2. The van der Waals surface area contributed by atoms with E-state index in [1.54, 1.807) is 13.8 Å². The van der Waals surface area contributed by atoms with Gasteiger partial charge in [0.1, 0.15) is 6.23 Å². The van der Waals surface area contributed by atoms with Crippen molar-refractivity contribution in [3.63, 3.8) is 0 Å². The van der Waals surface area contributed by atoms with Crippen LogP contribution in [0.25, 0.3) is 0 Å². The summed E-state index contributed by atoms with van der Waals surface area (Å²) in [6, 6.07) is 0. The summed E-state index contributed by atoms with van der Waals surface area (Å²) >= 11 is 10.6. The third-order valence-electron chi connectivity index (χ3n) is 2.79. The average molecular weight is 359 g/mol. The van der Waals surface area contributed by atoms with Crippen LogP contribution in [0, 0.1) is 6.92 Å². The minimum atomic E-state index is -3.62. The molecule has 1 N–H and O–H groups in total. The lowest BCUT2D eigenvalue weighted by molar-refractivity contribution is -0.0630. The van der Waals surface area contributed by atoms with Gasteiger partial charge in [-0.15, -0.1) is 0 Å². The van der Waals surface area contributed by atoms with Gasteiger partial charge >= 0.3 is 11.8 Å². The van der Waals surface area contributed by atoms with Crippen molar-refractivity contribution in [2.45, 2.75) is 39.5 Å². The first kappa shape index (κ1) is 18.5. The summed E-state index contributed by atoms with van der Waals surface area (Å²) in [4.78, 5) is 25.2. The highest BCUT2D eigenvalue weighted by atomic mass is 35.9. The van der Waals surface area contributed by atoms with Crippen molar-refractivity contribution < 1.29 is 13.8 Å². The Balaban J connectivity index is 2.81. The van der Waals surface area contributed by atoms with Gasteiger partial charge in [-0.2, -0.15) is 0 Å². The molecule has 0 aliphatic carbocycles. The van der Waals surface area contributed by atoms with Crippen LogP contribution >= 0.6 is 28.6 Å². The smallest absolute Gasteiger partial charge is 0.353 e. The molecule has 10 heteroatoms. The molecule has 0 aromatic carbocycles. The molecule has 0 saturated heterocycles. The van der Waals surface area contributed by atoms with Crippen molar-refractivity contribution in [2.24, 2.45) is 0 Å². The van der Waals surface area contributed by atoms with Gasteiger partial charge in [-0.05, 0) is 42.7 Å². The predicted molar refractivity (Wildman–Crippen MR) is 81.2 cm³/mol. The molecule has 0 aliphatic rings. The lowest BCUT2D eigenvalue weighted by atomic mass is 10.3. The van der Waals surface area contributed by atoms with Gasteiger partial charge in [0.15, 0.2) is 0 Å². The van der Waals surface area contributed by atoms with E-state index >= 15 is 0 Å². The normalized spacial score (nSPS) is 14.9. The maximum absolute atomic E-state index is 11.7. The van der Waals surface area contributed by atoms with Crippen LogP contribution in [-0.4, -0.2) is 22.3 Å². The second kappa shape index (κ2) is 7.61. The van der Waals surface area contributed by atoms with Crippen molar-refractivity contribution in [2.75, 3.05) is 6.61 Å². The third-order valence-corrected chi connectivity index (χ3v) is 3.83. The van der Waals surface area contributed by atoms with Crippen LogP contribution in [0.3, 0.4) is 0 Å². The summed E-state index contributed by atoms with van der Waals surface area (Å²) in [6.45, 7) is 4.99. The fraction of sp³-hybridized carbons (Fsp3) is 0.636. The second-order valence-electron chi connectivity index (χ2n) is 4.45. The quantitative estimate of drug-likeness (QED) is 0.756. The van der Waals surface area contributed by atoms with Crippen LogP contribution < -0.4 is 11.2 Å². The first-order valence-electron chi connectivity index (χ1n) is 6.25. The standard InChI is InChI=1S/C11H17Cl2N2O5P/c1-4-9(6-19-21(12,13)18)20-8(3)15-5-7(2)10(16)14-11(15)17/h5,8-9H,4,6H2,1-3H3,(H,14,16,17)/t8-,9+/m1/s1. The topological polar surface area (TPSA) is 90.4 Å². The van der Waals surface area contributed by atoms with Gasteiger partial charge in [-0.25, -0.2) is 4.79 Å². The van der Waals surface area contributed by atoms with E-state index in [0.29, 0.717) is 12.0 Å². The van der Waals surface area contributed by atoms with E-state index in [-0.39, 0.29) is 6.61 Å². The number of hydrogen-bond acceptors (Lipinski definition) is 5. The van der Waals surface area contributed by atoms with Crippen LogP contribution in [-0.2, 0) is 13.8 Å². The van der Waals surface area contributed by atoms with Crippen LogP contribution in [0.2, 0.25) is 0 Å². The molecule has 1 aromatic rings. The van der Waals surface area contributed by atoms with E-state index in [4.69, 9.17) is 31.7 Å². The number of aromatic amines is 1. The van der Waals surface area contributed by atoms with E-state index in [1.165, 1.54) is 10.8 Å². The molecule has 0 fully saturated rings. The number of hydrogen-bond donors (Lipinski definition) is 1. The summed E-state index contributed by atoms with van der Waals surface area (Å²) in [5.41, 5.74) is -0.626. The monoisotopic (exact) mass is 358 g/mol. The lowest BCUT2D eigenvalue weighted by Gasteiger charge is -2.22. The SMILES string of the molecule is CC[C@@H](COP(=O)(Cl)Cl)O[C@H](C)n1cc(C)c(=O)[nH]c1=O. The predicted octanol–water partition coefficient (Wildman–Crippen LogP) is 2.76. The molecular weight excluding hydrogens is 342 g/mol. The van der Waals surface area contributed by atoms with E-state index in [1.807, 2.05) is 6.92 Å². The number of nitrogens with one attached hydrogen (secondary N) is 1. The van der Waals surface area contributed by atoms with E-state index in [9.17, 15) is 14.2 Å². The Labute approximate surface area is 131 Å². The highest BCUT2D eigenvalue weighted by Gasteiger charge is 2.20. The summed E-state index contributed by atoms with van der Waals surface area (Å²) in [5.74, 6) is 0. The number of nitrogens with zero attached hydrogens (tertiary/aromatic N) is 1. The molecule has 2 atom stereocenters. The summed E-state index contributed by atoms with van der Waals surface area (Å²) in [5, 5.41) is 0. The highest BCUT2D eigenvalue weighted by molar-refractivity contribution is 8.05. The summed E-state index contributed by atoms with van der Waals surface area (Å²) in [7, 11) is 0. The second-order valence-corrected chi connectivity index (χ2v) is 8.73. The molecule has 7 nitrogen and oxygen atoms in total. The number of halogens is 2. The molecule has 1 rings (SSSR count). The van der Waals surface area contributed by atoms with Crippen LogP contribution in [0.5, 0.6) is 0 Å². The largest absolute Gasteiger partial charge is 0.380 e. The third kappa shape index (κ3) is 5.96. The molecule has 0 aliphatic heterocycles. The molecule has 21 heavy (non-hydrogen) atoms. The molecular formula is C11H17Cl2N2O5P. The van der Waals surface area contributed by atoms with Crippen LogP contribution in [0.4, 0.5) is 0 Å². The Morgan fingerprint density at radius 3 is 2.57 bits per heavy atom. The van der Waals surface area contributed by atoms with Gasteiger partial charge in [-0.1, -0.05) is 6.92 Å². The van der Waals surface area contributed by atoms with E-state index in [2.05, 4.69) is 4.98 Å². The molecule has 1 heterocycles. The van der Waals surface area contributed by atoms with Gasteiger partial charge in [0.25, 0.3) is 5.56 Å². The summed E-state index contributed by atoms with van der Waals surface area (Å²) in [6.07, 6.45) is -2.78. The van der Waals surface area contributed by atoms with Gasteiger partial charge in [0, 0.05) is 11.8 Å². The molecule has 0 amide bonds. The number of rotatable bonds is 7. The molecule has 0 unspecified atom stereocenters. The fourth-order valence-electron chi connectivity index (χ4n) is 1.62. The van der Waals surface area contributed by atoms with E-state index < -0.39 is 29.7 Å². The zero-order valence-electron chi connectivity index (χ0n) is 11.8. The molecule has 1 aromatic heterocycles. The number of ether oxygens (including phenoxy) is 1. The van der Waals surface area contributed by atoms with Crippen molar-refractivity contribution in [3.05, 3.63) is 32.6 Å². The van der Waals surface area contributed by atoms with Crippen molar-refractivity contribution >= 4 is 28.6 Å². The minimum absolute atomic E-state index is 0.0673. The van der Waals surface area contributed by atoms with Crippen molar-refractivity contribution in [1.29, 1.82) is 0 Å². The highest BCUT2D eigenvalue weighted by Crippen LogP contribution is 2.57. The van der Waals surface area contributed by atoms with E-state index in [0.717, 1.165) is 0 Å². The molecule has 0 radical (unpaired) electrons. The van der Waals surface area contributed by atoms with Crippen LogP contribution in [0.1, 0.15) is 32.1 Å². The van der Waals surface area contributed by atoms with Gasteiger partial charge in [0.2, 0.25) is 0 Å². The molecule has 0 spiro atoms. The maximum Gasteiger partial charge on any atom is 0.380 e. The maximum atomic E-state index is 11.7. The number of H-pyrrole nitrogens is 1. The van der Waals surface area contributed by atoms with Crippen molar-refractivity contribution in [3.8, 4) is 0 Å². The Hall–Kier alpha value is -0.590. The molecule has 0 bridgehead atoms. The first-order valence-corrected chi connectivity index (χ1v) is 9.69. The first-order chi connectivity index (χ1) is 9.64. The molecule has 0 saturated carbocycles. The van der Waals surface area contributed by atoms with Gasteiger partial charge < -0.3 is 9.26 Å².